The number of hydrogen-bond acceptors (Lipinski definition) is 3. The van der Waals surface area contributed by atoms with Gasteiger partial charge in [-0.15, -0.1) is 6.58 Å². The number of unbranched alkanes of at least 4 members (excludes halogenated alkanes) is 3. The molecule has 1 aliphatic carbocycles. The maximum absolute atomic E-state index is 10.6. The Kier molecular flexibility index (Phi) is 6.72. The van der Waals surface area contributed by atoms with Crippen LogP contribution in [0.1, 0.15) is 71.1 Å². The van der Waals surface area contributed by atoms with Crippen LogP contribution in [0, 0.1) is 5.92 Å². The van der Waals surface area contributed by atoms with E-state index in [4.69, 9.17) is 9.47 Å². The van der Waals surface area contributed by atoms with Crippen LogP contribution in [0.4, 0.5) is 0 Å². The molecule has 2 rings (SSSR count). The average Bonchev–Trinajstić information content (AvgIpc) is 2.91. The van der Waals surface area contributed by atoms with E-state index in [1.54, 1.807) is 0 Å². The monoisotopic (exact) mass is 296 g/mol. The second kappa shape index (κ2) is 8.30. The molecule has 0 bridgehead atoms. The van der Waals surface area contributed by atoms with Gasteiger partial charge >= 0.3 is 0 Å². The minimum absolute atomic E-state index is 0.120. The molecule has 0 aromatic rings. The molecule has 1 saturated carbocycles. The minimum atomic E-state index is -0.481. The molecule has 1 saturated heterocycles. The lowest BCUT2D eigenvalue weighted by Gasteiger charge is -2.33. The van der Waals surface area contributed by atoms with Crippen molar-refractivity contribution in [2.75, 3.05) is 6.61 Å². The number of aliphatic hydroxyl groups excluding tert-OH is 1. The lowest BCUT2D eigenvalue weighted by Crippen LogP contribution is -2.38. The van der Waals surface area contributed by atoms with Crippen LogP contribution in [-0.4, -0.2) is 29.7 Å². The maximum atomic E-state index is 10.6. The molecular formula is C18H32O3. The fourth-order valence-corrected chi connectivity index (χ4v) is 3.61. The molecule has 21 heavy (non-hydrogen) atoms. The molecular weight excluding hydrogens is 264 g/mol. The van der Waals surface area contributed by atoms with E-state index < -0.39 is 11.9 Å². The highest BCUT2D eigenvalue weighted by Gasteiger charge is 2.45. The molecule has 0 amide bonds. The molecule has 0 aromatic carbocycles. The second-order valence-corrected chi connectivity index (χ2v) is 6.68. The Morgan fingerprint density at radius 3 is 2.67 bits per heavy atom. The second-order valence-electron chi connectivity index (χ2n) is 6.68. The standard InChI is InChI=1S/C18H32O3/c1-3-5-6-8-11-15(4-2)17(19)16-14-20-18(21-16)12-9-7-10-13-18/h4,15-17,19H,2-3,5-14H2,1H3/t15-,16-,17+/m1/s1. The first-order valence-electron chi connectivity index (χ1n) is 8.83. The summed E-state index contributed by atoms with van der Waals surface area (Å²) in [6.45, 7) is 6.64. The quantitative estimate of drug-likeness (QED) is 0.539. The number of aliphatic hydroxyl groups is 1. The molecule has 3 heteroatoms. The lowest BCUT2D eigenvalue weighted by molar-refractivity contribution is -0.197. The number of hydrogen-bond donors (Lipinski definition) is 1. The molecule has 3 nitrogen and oxygen atoms in total. The van der Waals surface area contributed by atoms with E-state index in [9.17, 15) is 5.11 Å². The van der Waals surface area contributed by atoms with Crippen LogP contribution in [0.25, 0.3) is 0 Å². The van der Waals surface area contributed by atoms with E-state index in [-0.39, 0.29) is 12.0 Å². The zero-order valence-electron chi connectivity index (χ0n) is 13.6. The normalized spacial score (nSPS) is 27.6. The highest BCUT2D eigenvalue weighted by Crippen LogP contribution is 2.39. The van der Waals surface area contributed by atoms with Gasteiger partial charge in [0.2, 0.25) is 0 Å². The van der Waals surface area contributed by atoms with Gasteiger partial charge in [0.1, 0.15) is 6.10 Å². The van der Waals surface area contributed by atoms with E-state index >= 15 is 0 Å². The van der Waals surface area contributed by atoms with Crippen molar-refractivity contribution in [1.29, 1.82) is 0 Å². The molecule has 0 radical (unpaired) electrons. The van der Waals surface area contributed by atoms with E-state index in [2.05, 4.69) is 13.5 Å². The zero-order chi connectivity index (χ0) is 15.1. The Morgan fingerprint density at radius 1 is 1.24 bits per heavy atom. The third kappa shape index (κ3) is 4.54. The summed E-state index contributed by atoms with van der Waals surface area (Å²) < 4.78 is 12.1. The third-order valence-corrected chi connectivity index (χ3v) is 5.01. The first-order valence-corrected chi connectivity index (χ1v) is 8.83. The lowest BCUT2D eigenvalue weighted by atomic mass is 9.92. The highest BCUT2D eigenvalue weighted by atomic mass is 16.7. The highest BCUT2D eigenvalue weighted by molar-refractivity contribution is 4.92. The summed E-state index contributed by atoms with van der Waals surface area (Å²) in [4.78, 5) is 0. The Labute approximate surface area is 129 Å². The van der Waals surface area contributed by atoms with E-state index in [0.717, 1.165) is 25.7 Å². The van der Waals surface area contributed by atoms with Crippen molar-refractivity contribution >= 4 is 0 Å². The van der Waals surface area contributed by atoms with Crippen molar-refractivity contribution in [2.24, 2.45) is 5.92 Å². The average molecular weight is 296 g/mol. The van der Waals surface area contributed by atoms with Crippen molar-refractivity contribution in [3.8, 4) is 0 Å². The predicted octanol–water partition coefficient (Wildman–Crippen LogP) is 4.20. The molecule has 3 atom stereocenters. The summed E-state index contributed by atoms with van der Waals surface area (Å²) in [6.07, 6.45) is 12.7. The summed E-state index contributed by atoms with van der Waals surface area (Å²) >= 11 is 0. The third-order valence-electron chi connectivity index (χ3n) is 5.01. The maximum Gasteiger partial charge on any atom is 0.169 e. The van der Waals surface area contributed by atoms with Crippen molar-refractivity contribution in [2.45, 2.75) is 89.1 Å². The molecule has 1 aliphatic heterocycles. The molecule has 2 fully saturated rings. The Balaban J connectivity index is 1.81. The Hall–Kier alpha value is -0.380. The van der Waals surface area contributed by atoms with Gasteiger partial charge in [0, 0.05) is 18.8 Å². The molecule has 1 spiro atoms. The first-order chi connectivity index (χ1) is 10.2. The number of rotatable bonds is 8. The molecule has 122 valence electrons. The van der Waals surface area contributed by atoms with E-state index in [0.29, 0.717) is 6.61 Å². The first kappa shape index (κ1) is 17.0. The van der Waals surface area contributed by atoms with Gasteiger partial charge in [0.05, 0.1) is 12.7 Å². The Morgan fingerprint density at radius 2 is 2.00 bits per heavy atom. The van der Waals surface area contributed by atoms with Crippen molar-refractivity contribution in [1.82, 2.24) is 0 Å². The van der Waals surface area contributed by atoms with Crippen LogP contribution in [0.15, 0.2) is 12.7 Å². The molecule has 0 unspecified atom stereocenters. The SMILES string of the molecule is C=C[C@H](CCCCCC)[C@H](O)[C@H]1COC2(CCCCC2)O1. The van der Waals surface area contributed by atoms with Gasteiger partial charge in [-0.2, -0.15) is 0 Å². The summed E-state index contributed by atoms with van der Waals surface area (Å²) in [5.74, 6) is -0.271. The summed E-state index contributed by atoms with van der Waals surface area (Å²) in [6, 6.07) is 0. The summed E-state index contributed by atoms with van der Waals surface area (Å²) in [5, 5.41) is 10.6. The molecule has 1 heterocycles. The van der Waals surface area contributed by atoms with Crippen LogP contribution in [0.3, 0.4) is 0 Å². The molecule has 0 aromatic heterocycles. The fraction of sp³-hybridized carbons (Fsp3) is 0.889. The van der Waals surface area contributed by atoms with Crippen LogP contribution in [-0.2, 0) is 9.47 Å². The van der Waals surface area contributed by atoms with Gasteiger partial charge in [-0.1, -0.05) is 45.1 Å². The zero-order valence-corrected chi connectivity index (χ0v) is 13.6. The van der Waals surface area contributed by atoms with Crippen molar-refractivity contribution in [3.05, 3.63) is 12.7 Å². The summed E-state index contributed by atoms with van der Waals surface area (Å²) in [7, 11) is 0. The fourth-order valence-electron chi connectivity index (χ4n) is 3.61. The smallest absolute Gasteiger partial charge is 0.169 e. The number of ether oxygens (including phenoxy) is 2. The van der Waals surface area contributed by atoms with Crippen LogP contribution >= 0.6 is 0 Å². The van der Waals surface area contributed by atoms with Crippen molar-refractivity contribution < 1.29 is 14.6 Å². The van der Waals surface area contributed by atoms with Gasteiger partial charge in [-0.3, -0.25) is 0 Å². The van der Waals surface area contributed by atoms with Crippen LogP contribution < -0.4 is 0 Å². The Bertz CT molecular complexity index is 310. The van der Waals surface area contributed by atoms with Gasteiger partial charge in [0.25, 0.3) is 0 Å². The topological polar surface area (TPSA) is 38.7 Å². The van der Waals surface area contributed by atoms with Crippen LogP contribution in [0.5, 0.6) is 0 Å². The minimum Gasteiger partial charge on any atom is -0.390 e. The van der Waals surface area contributed by atoms with E-state index in [1.807, 2.05) is 6.08 Å². The van der Waals surface area contributed by atoms with Gasteiger partial charge in [0.15, 0.2) is 5.79 Å². The van der Waals surface area contributed by atoms with Gasteiger partial charge in [-0.05, 0) is 19.3 Å². The molecule has 2 aliphatic rings. The largest absolute Gasteiger partial charge is 0.390 e. The van der Waals surface area contributed by atoms with Gasteiger partial charge in [-0.25, -0.2) is 0 Å². The predicted molar refractivity (Wildman–Crippen MR) is 85.1 cm³/mol. The van der Waals surface area contributed by atoms with E-state index in [1.165, 1.54) is 38.5 Å². The molecule has 1 N–H and O–H groups in total. The van der Waals surface area contributed by atoms with Crippen LogP contribution in [0.2, 0.25) is 0 Å². The summed E-state index contributed by atoms with van der Waals surface area (Å²) in [5.41, 5.74) is 0. The van der Waals surface area contributed by atoms with Gasteiger partial charge < -0.3 is 14.6 Å². The van der Waals surface area contributed by atoms with Crippen molar-refractivity contribution in [3.63, 3.8) is 0 Å².